The number of carbonyl (C=O) groups is 1. The zero-order valence-corrected chi connectivity index (χ0v) is 13.7. The molecule has 0 aromatic rings. The van der Waals surface area contributed by atoms with Crippen molar-refractivity contribution in [2.45, 2.75) is 32.1 Å². The molecule has 4 nitrogen and oxygen atoms in total. The van der Waals surface area contributed by atoms with Gasteiger partial charge in [0.1, 0.15) is 0 Å². The van der Waals surface area contributed by atoms with E-state index in [1.807, 2.05) is 18.4 Å². The van der Waals surface area contributed by atoms with Crippen molar-refractivity contribution in [1.82, 2.24) is 4.31 Å². The molecule has 0 rings (SSSR count). The Balaban J connectivity index is -0.00000112. The predicted octanol–water partition coefficient (Wildman–Crippen LogP) is 2.49. The van der Waals surface area contributed by atoms with Gasteiger partial charge in [-0.25, -0.2) is 0 Å². The van der Waals surface area contributed by atoms with Crippen LogP contribution >= 0.6 is 36.8 Å². The van der Waals surface area contributed by atoms with Gasteiger partial charge >= 0.3 is 5.97 Å². The highest BCUT2D eigenvalue weighted by molar-refractivity contribution is 7.96. The Morgan fingerprint density at radius 2 is 1.83 bits per heavy atom. The molecule has 0 unspecified atom stereocenters. The third kappa shape index (κ3) is 18.7. The van der Waals surface area contributed by atoms with Gasteiger partial charge in [-0.3, -0.25) is 9.10 Å². The summed E-state index contributed by atoms with van der Waals surface area (Å²) in [6.45, 7) is 1.26. The van der Waals surface area contributed by atoms with E-state index in [2.05, 4.69) is 0 Å². The Morgan fingerprint density at radius 1 is 1.17 bits per heavy atom. The standard InChI is InChI=1S/C11H24N2O2S.2ClH/c1-13(2)16-10-6-7-11(14)15-9-5-3-4-8-12;;/h3-10,12H2,1-2H3;2*1H. The van der Waals surface area contributed by atoms with Crippen LogP contribution in [-0.4, -0.2) is 43.3 Å². The van der Waals surface area contributed by atoms with E-state index in [4.69, 9.17) is 10.5 Å². The largest absolute Gasteiger partial charge is 0.466 e. The molecule has 0 amide bonds. The van der Waals surface area contributed by atoms with Crippen LogP contribution in [0.1, 0.15) is 32.1 Å². The molecular formula is C11H26Cl2N2O2S. The first-order valence-corrected chi connectivity index (χ1v) is 6.77. The highest BCUT2D eigenvalue weighted by Crippen LogP contribution is 2.07. The summed E-state index contributed by atoms with van der Waals surface area (Å²) in [4.78, 5) is 11.3. The van der Waals surface area contributed by atoms with Crippen LogP contribution in [0, 0.1) is 0 Å². The summed E-state index contributed by atoms with van der Waals surface area (Å²) in [5.74, 6) is 0.891. The molecule has 0 aliphatic carbocycles. The van der Waals surface area contributed by atoms with Crippen molar-refractivity contribution >= 4 is 42.7 Å². The summed E-state index contributed by atoms with van der Waals surface area (Å²) in [6.07, 6.45) is 4.38. The third-order valence-corrected chi connectivity index (χ3v) is 2.97. The molecule has 0 aliphatic rings. The lowest BCUT2D eigenvalue weighted by Gasteiger charge is -2.08. The molecule has 0 aliphatic heterocycles. The molecule has 0 aromatic carbocycles. The first-order chi connectivity index (χ1) is 7.66. The smallest absolute Gasteiger partial charge is 0.305 e. The summed E-state index contributed by atoms with van der Waals surface area (Å²) in [5.41, 5.74) is 5.36. The van der Waals surface area contributed by atoms with Gasteiger partial charge in [0.15, 0.2) is 0 Å². The van der Waals surface area contributed by atoms with Crippen LogP contribution in [0.25, 0.3) is 0 Å². The fourth-order valence-corrected chi connectivity index (χ4v) is 1.78. The van der Waals surface area contributed by atoms with Crippen LogP contribution in [-0.2, 0) is 9.53 Å². The highest BCUT2D eigenvalue weighted by atomic mass is 35.5. The highest BCUT2D eigenvalue weighted by Gasteiger charge is 2.02. The summed E-state index contributed by atoms with van der Waals surface area (Å²) in [7, 11) is 4.00. The average molecular weight is 321 g/mol. The maximum Gasteiger partial charge on any atom is 0.305 e. The normalized spacial score (nSPS) is 9.56. The van der Waals surface area contributed by atoms with Gasteiger partial charge in [-0.15, -0.1) is 24.8 Å². The maximum absolute atomic E-state index is 11.3. The summed E-state index contributed by atoms with van der Waals surface area (Å²) < 4.78 is 7.13. The minimum absolute atomic E-state index is 0. The predicted molar refractivity (Wildman–Crippen MR) is 83.7 cm³/mol. The van der Waals surface area contributed by atoms with Gasteiger partial charge in [0.2, 0.25) is 0 Å². The summed E-state index contributed by atoms with van der Waals surface area (Å²) >= 11 is 1.72. The molecule has 112 valence electrons. The van der Waals surface area contributed by atoms with Crippen molar-refractivity contribution in [3.63, 3.8) is 0 Å². The lowest BCUT2D eigenvalue weighted by molar-refractivity contribution is -0.143. The van der Waals surface area contributed by atoms with Gasteiger partial charge in [-0.2, -0.15) is 0 Å². The van der Waals surface area contributed by atoms with Crippen LogP contribution in [0.2, 0.25) is 0 Å². The molecule has 18 heavy (non-hydrogen) atoms. The fourth-order valence-electron chi connectivity index (χ4n) is 1.14. The van der Waals surface area contributed by atoms with Crippen LogP contribution in [0.3, 0.4) is 0 Å². The van der Waals surface area contributed by atoms with Gasteiger partial charge in [-0.1, -0.05) is 11.9 Å². The number of nitrogens with two attached hydrogens (primary N) is 1. The van der Waals surface area contributed by atoms with E-state index < -0.39 is 0 Å². The molecule has 0 aromatic heterocycles. The number of nitrogens with zero attached hydrogens (tertiary/aromatic N) is 1. The van der Waals surface area contributed by atoms with E-state index in [9.17, 15) is 4.79 Å². The molecular weight excluding hydrogens is 295 g/mol. The van der Waals surface area contributed by atoms with E-state index >= 15 is 0 Å². The first kappa shape index (κ1) is 23.4. The Hall–Kier alpha value is 0.320. The molecule has 0 bridgehead atoms. The number of carbonyl (C=O) groups excluding carboxylic acids is 1. The number of unbranched alkanes of at least 4 members (excludes halogenated alkanes) is 2. The number of esters is 1. The topological polar surface area (TPSA) is 55.6 Å². The molecule has 0 spiro atoms. The van der Waals surface area contributed by atoms with Gasteiger partial charge < -0.3 is 10.5 Å². The molecule has 2 N–H and O–H groups in total. The Morgan fingerprint density at radius 3 is 2.39 bits per heavy atom. The molecule has 0 saturated carbocycles. The van der Waals surface area contributed by atoms with Crippen LogP contribution in [0.15, 0.2) is 0 Å². The van der Waals surface area contributed by atoms with Crippen molar-refractivity contribution < 1.29 is 9.53 Å². The van der Waals surface area contributed by atoms with Gasteiger partial charge in [0.25, 0.3) is 0 Å². The molecule has 0 fully saturated rings. The number of hydrogen-bond acceptors (Lipinski definition) is 5. The van der Waals surface area contributed by atoms with Crippen molar-refractivity contribution in [2.24, 2.45) is 5.73 Å². The molecule has 0 atom stereocenters. The molecule has 0 heterocycles. The number of ether oxygens (including phenoxy) is 1. The van der Waals surface area contributed by atoms with Gasteiger partial charge in [-0.05, 0) is 46.3 Å². The second-order valence-electron chi connectivity index (χ2n) is 3.82. The van der Waals surface area contributed by atoms with Gasteiger partial charge in [0, 0.05) is 12.2 Å². The second kappa shape index (κ2) is 17.3. The van der Waals surface area contributed by atoms with Crippen molar-refractivity contribution in [1.29, 1.82) is 0 Å². The van der Waals surface area contributed by atoms with Crippen molar-refractivity contribution in [2.75, 3.05) is 33.0 Å². The summed E-state index contributed by atoms with van der Waals surface area (Å²) in [6, 6.07) is 0. The SMILES string of the molecule is CN(C)SCCCC(=O)OCCCCCN.Cl.Cl. The van der Waals surface area contributed by atoms with E-state index in [0.717, 1.165) is 38.0 Å². The zero-order valence-electron chi connectivity index (χ0n) is 11.2. The minimum atomic E-state index is -0.0768. The molecule has 0 radical (unpaired) electrons. The number of hydrogen-bond donors (Lipinski definition) is 1. The fraction of sp³-hybridized carbons (Fsp3) is 0.909. The van der Waals surface area contributed by atoms with E-state index in [0.29, 0.717) is 13.0 Å². The lowest BCUT2D eigenvalue weighted by Crippen LogP contribution is -2.08. The Bertz CT molecular complexity index is 186. The molecule has 7 heteroatoms. The van der Waals surface area contributed by atoms with E-state index in [1.54, 1.807) is 11.9 Å². The third-order valence-electron chi connectivity index (χ3n) is 1.99. The van der Waals surface area contributed by atoms with Crippen LogP contribution < -0.4 is 5.73 Å². The van der Waals surface area contributed by atoms with Crippen LogP contribution in [0.5, 0.6) is 0 Å². The van der Waals surface area contributed by atoms with E-state index in [-0.39, 0.29) is 30.8 Å². The number of rotatable bonds is 10. The number of halogens is 2. The van der Waals surface area contributed by atoms with Crippen molar-refractivity contribution in [3.05, 3.63) is 0 Å². The van der Waals surface area contributed by atoms with Crippen molar-refractivity contribution in [3.8, 4) is 0 Å². The lowest BCUT2D eigenvalue weighted by atomic mass is 10.2. The van der Waals surface area contributed by atoms with E-state index in [1.165, 1.54) is 0 Å². The maximum atomic E-state index is 11.3. The monoisotopic (exact) mass is 320 g/mol. The Kier molecular flexibility index (Phi) is 22.5. The summed E-state index contributed by atoms with van der Waals surface area (Å²) in [5, 5.41) is 0. The second-order valence-corrected chi connectivity index (χ2v) is 5.22. The average Bonchev–Trinajstić information content (AvgIpc) is 2.24. The Labute approximate surface area is 127 Å². The van der Waals surface area contributed by atoms with Crippen LogP contribution in [0.4, 0.5) is 0 Å². The first-order valence-electron chi connectivity index (χ1n) is 5.82. The minimum Gasteiger partial charge on any atom is -0.466 e. The zero-order chi connectivity index (χ0) is 12.2. The molecule has 0 saturated heterocycles. The quantitative estimate of drug-likeness (QED) is 0.381. The van der Waals surface area contributed by atoms with Gasteiger partial charge in [0.05, 0.1) is 6.61 Å².